The molecule has 0 aliphatic heterocycles. The van der Waals surface area contributed by atoms with Crippen molar-refractivity contribution in [1.29, 1.82) is 0 Å². The van der Waals surface area contributed by atoms with Crippen LogP contribution in [0.3, 0.4) is 0 Å². The van der Waals surface area contributed by atoms with Gasteiger partial charge in [0.15, 0.2) is 0 Å². The van der Waals surface area contributed by atoms with E-state index in [4.69, 9.17) is 0 Å². The van der Waals surface area contributed by atoms with Crippen LogP contribution in [0.15, 0.2) is 77.9 Å². The number of amides is 2. The van der Waals surface area contributed by atoms with E-state index in [9.17, 15) is 14.4 Å². The molecule has 3 rings (SSSR count). The second-order valence-electron chi connectivity index (χ2n) is 6.57. The maximum absolute atomic E-state index is 12.6. The molecule has 0 saturated heterocycles. The monoisotopic (exact) mass is 390 g/mol. The average Bonchev–Trinajstić information content (AvgIpc) is 2.75. The Labute approximate surface area is 168 Å². The number of aromatic nitrogens is 2. The van der Waals surface area contributed by atoms with Crippen molar-refractivity contribution >= 4 is 11.8 Å². The van der Waals surface area contributed by atoms with Crippen LogP contribution in [-0.4, -0.2) is 21.4 Å². The van der Waals surface area contributed by atoms with E-state index in [2.05, 4.69) is 15.6 Å². The second-order valence-corrected chi connectivity index (χ2v) is 6.57. The Morgan fingerprint density at radius 3 is 2.52 bits per heavy atom. The van der Waals surface area contributed by atoms with E-state index in [1.165, 1.54) is 16.8 Å². The molecule has 7 nitrogen and oxygen atoms in total. The molecule has 0 aliphatic rings. The normalized spacial score (nSPS) is 11.5. The first-order valence-electron chi connectivity index (χ1n) is 9.26. The summed E-state index contributed by atoms with van der Waals surface area (Å²) in [6.07, 6.45) is 3.13. The van der Waals surface area contributed by atoms with Crippen molar-refractivity contribution in [3.05, 3.63) is 100 Å². The minimum atomic E-state index is -0.520. The number of pyridine rings is 2. The van der Waals surface area contributed by atoms with Crippen LogP contribution >= 0.6 is 0 Å². The van der Waals surface area contributed by atoms with Crippen LogP contribution in [0.1, 0.15) is 34.6 Å². The number of nitrogens with one attached hydrogen (secondary N) is 2. The highest BCUT2D eigenvalue weighted by Gasteiger charge is 2.17. The Morgan fingerprint density at radius 2 is 1.79 bits per heavy atom. The van der Waals surface area contributed by atoms with E-state index in [0.29, 0.717) is 12.2 Å². The molecule has 0 spiro atoms. The van der Waals surface area contributed by atoms with E-state index in [-0.39, 0.29) is 24.1 Å². The molecule has 29 heavy (non-hydrogen) atoms. The summed E-state index contributed by atoms with van der Waals surface area (Å²) in [5.41, 5.74) is 1.11. The van der Waals surface area contributed by atoms with E-state index >= 15 is 0 Å². The highest BCUT2D eigenvalue weighted by atomic mass is 16.2. The summed E-state index contributed by atoms with van der Waals surface area (Å²) in [7, 11) is 0. The topological polar surface area (TPSA) is 93.1 Å². The molecule has 0 bridgehead atoms. The van der Waals surface area contributed by atoms with Gasteiger partial charge in [0.25, 0.3) is 11.5 Å². The number of rotatable bonds is 7. The summed E-state index contributed by atoms with van der Waals surface area (Å²) < 4.78 is 1.22. The first-order valence-corrected chi connectivity index (χ1v) is 9.26. The van der Waals surface area contributed by atoms with Gasteiger partial charge in [0.2, 0.25) is 5.91 Å². The van der Waals surface area contributed by atoms with Crippen molar-refractivity contribution in [3.63, 3.8) is 0 Å². The molecule has 3 aromatic rings. The quantitative estimate of drug-likeness (QED) is 0.646. The van der Waals surface area contributed by atoms with Gasteiger partial charge in [-0.3, -0.25) is 19.4 Å². The lowest BCUT2D eigenvalue weighted by molar-refractivity contribution is -0.121. The van der Waals surface area contributed by atoms with Crippen LogP contribution in [0.5, 0.6) is 0 Å². The molecule has 1 atom stereocenters. The zero-order chi connectivity index (χ0) is 20.6. The molecule has 148 valence electrons. The van der Waals surface area contributed by atoms with Crippen molar-refractivity contribution in [1.82, 2.24) is 20.2 Å². The molecule has 2 heterocycles. The molecule has 2 aromatic heterocycles. The predicted molar refractivity (Wildman–Crippen MR) is 109 cm³/mol. The van der Waals surface area contributed by atoms with Crippen LogP contribution in [0.4, 0.5) is 0 Å². The van der Waals surface area contributed by atoms with E-state index < -0.39 is 11.5 Å². The molecule has 1 unspecified atom stereocenters. The van der Waals surface area contributed by atoms with Crippen molar-refractivity contribution in [2.75, 3.05) is 0 Å². The average molecular weight is 390 g/mol. The van der Waals surface area contributed by atoms with Gasteiger partial charge in [-0.25, -0.2) is 0 Å². The zero-order valence-corrected chi connectivity index (χ0v) is 16.0. The fourth-order valence-corrected chi connectivity index (χ4v) is 2.82. The molecule has 0 fully saturated rings. The van der Waals surface area contributed by atoms with Gasteiger partial charge in [-0.1, -0.05) is 36.4 Å². The lowest BCUT2D eigenvalue weighted by Gasteiger charge is -2.14. The lowest BCUT2D eigenvalue weighted by atomic mass is 10.2. The van der Waals surface area contributed by atoms with Gasteiger partial charge in [0.05, 0.1) is 11.7 Å². The number of hydrogen-bond acceptors (Lipinski definition) is 4. The molecule has 1 aromatic carbocycles. The second kappa shape index (κ2) is 9.45. The Hall–Kier alpha value is -3.74. The van der Waals surface area contributed by atoms with Crippen LogP contribution in [0.2, 0.25) is 0 Å². The largest absolute Gasteiger partial charge is 0.350 e. The number of carbonyl (C=O) groups excluding carboxylic acids is 2. The Morgan fingerprint density at radius 1 is 1.03 bits per heavy atom. The molecule has 0 saturated carbocycles. The van der Waals surface area contributed by atoms with Gasteiger partial charge in [0, 0.05) is 18.9 Å². The minimum absolute atomic E-state index is 0.0221. The first kappa shape index (κ1) is 20.0. The molecule has 7 heteroatoms. The van der Waals surface area contributed by atoms with Crippen LogP contribution in [-0.2, 0) is 17.9 Å². The summed E-state index contributed by atoms with van der Waals surface area (Å²) in [6.45, 7) is 2.00. The molecule has 2 amide bonds. The van der Waals surface area contributed by atoms with Crippen molar-refractivity contribution < 1.29 is 9.59 Å². The summed E-state index contributed by atoms with van der Waals surface area (Å²) in [4.78, 5) is 41.6. The maximum atomic E-state index is 12.6. The number of nitrogens with zero attached hydrogens (tertiary/aromatic N) is 2. The van der Waals surface area contributed by atoms with Crippen molar-refractivity contribution in [2.45, 2.75) is 26.1 Å². The summed E-state index contributed by atoms with van der Waals surface area (Å²) in [5.74, 6) is -0.817. The Balaban J connectivity index is 1.65. The fraction of sp³-hybridized carbons (Fsp3) is 0.182. The van der Waals surface area contributed by atoms with Gasteiger partial charge in [0.1, 0.15) is 12.1 Å². The third-order valence-electron chi connectivity index (χ3n) is 4.39. The van der Waals surface area contributed by atoms with E-state index in [1.54, 1.807) is 31.3 Å². The van der Waals surface area contributed by atoms with Crippen molar-refractivity contribution in [2.24, 2.45) is 0 Å². The number of hydrogen-bond donors (Lipinski definition) is 2. The van der Waals surface area contributed by atoms with Crippen LogP contribution in [0.25, 0.3) is 0 Å². The minimum Gasteiger partial charge on any atom is -0.350 e. The van der Waals surface area contributed by atoms with Gasteiger partial charge in [-0.2, -0.15) is 0 Å². The SMILES string of the molecule is CC(NC(=O)c1cccn(CC(=O)NCc2ccccc2)c1=O)c1ccccn1. The molecular formula is C22H22N4O3. The standard InChI is InChI=1S/C22H22N4O3/c1-16(19-11-5-6-12-23-19)25-21(28)18-10-7-13-26(22(18)29)15-20(27)24-14-17-8-3-2-4-9-17/h2-13,16H,14-15H2,1H3,(H,24,27)(H,25,28). The van der Waals surface area contributed by atoms with Gasteiger partial charge >= 0.3 is 0 Å². The van der Waals surface area contributed by atoms with Gasteiger partial charge in [-0.15, -0.1) is 0 Å². The fourth-order valence-electron chi connectivity index (χ4n) is 2.82. The third-order valence-corrected chi connectivity index (χ3v) is 4.39. The lowest BCUT2D eigenvalue weighted by Crippen LogP contribution is -2.37. The first-order chi connectivity index (χ1) is 14.0. The highest BCUT2D eigenvalue weighted by molar-refractivity contribution is 5.94. The molecule has 0 aliphatic carbocycles. The zero-order valence-electron chi connectivity index (χ0n) is 16.0. The maximum Gasteiger partial charge on any atom is 0.263 e. The van der Waals surface area contributed by atoms with E-state index in [0.717, 1.165) is 5.56 Å². The smallest absolute Gasteiger partial charge is 0.263 e. The summed E-state index contributed by atoms with van der Waals surface area (Å²) in [6, 6.07) is 17.6. The number of carbonyl (C=O) groups is 2. The van der Waals surface area contributed by atoms with Crippen LogP contribution in [0, 0.1) is 0 Å². The predicted octanol–water partition coefficient (Wildman–Crippen LogP) is 2.05. The third kappa shape index (κ3) is 5.38. The molecule has 2 N–H and O–H groups in total. The summed E-state index contributed by atoms with van der Waals surface area (Å²) in [5, 5.41) is 5.53. The highest BCUT2D eigenvalue weighted by Crippen LogP contribution is 2.08. The Bertz CT molecular complexity index is 1030. The van der Waals surface area contributed by atoms with Crippen molar-refractivity contribution in [3.8, 4) is 0 Å². The van der Waals surface area contributed by atoms with E-state index in [1.807, 2.05) is 36.4 Å². The molecular weight excluding hydrogens is 368 g/mol. The van der Waals surface area contributed by atoms with Gasteiger partial charge in [-0.05, 0) is 36.8 Å². The number of benzene rings is 1. The van der Waals surface area contributed by atoms with Gasteiger partial charge < -0.3 is 15.2 Å². The molecule has 0 radical (unpaired) electrons. The van der Waals surface area contributed by atoms with Crippen LogP contribution < -0.4 is 16.2 Å². The summed E-state index contributed by atoms with van der Waals surface area (Å²) >= 11 is 0. The Kier molecular flexibility index (Phi) is 6.52.